The van der Waals surface area contributed by atoms with Crippen LogP contribution in [0, 0.1) is 23.2 Å². The number of halogens is 1. The molecule has 0 bridgehead atoms. The molecule has 1 aliphatic carbocycles. The monoisotopic (exact) mass is 802 g/mol. The summed E-state index contributed by atoms with van der Waals surface area (Å²) in [6.45, 7) is 23.5. The maximum atomic E-state index is 14.1. The van der Waals surface area contributed by atoms with Gasteiger partial charge in [-0.25, -0.2) is 0 Å². The fraction of sp³-hybridized carbons (Fsp3) is 0.705. The summed E-state index contributed by atoms with van der Waals surface area (Å²) < 4.78 is 38.0. The first-order chi connectivity index (χ1) is 25.7. The Morgan fingerprint density at radius 1 is 0.909 bits per heavy atom. The average molecular weight is 804 g/mol. The average Bonchev–Trinajstić information content (AvgIpc) is 3.09. The molecule has 2 aromatic carbocycles. The number of rotatable bonds is 16. The van der Waals surface area contributed by atoms with Crippen LogP contribution in [-0.2, 0) is 42.5 Å². The van der Waals surface area contributed by atoms with Crippen molar-refractivity contribution >= 4 is 48.6 Å². The first-order valence-corrected chi connectivity index (χ1v) is 23.7. The van der Waals surface area contributed by atoms with E-state index in [1.807, 2.05) is 63.2 Å². The van der Waals surface area contributed by atoms with Gasteiger partial charge in [0.2, 0.25) is 0 Å². The molecule has 0 N–H and O–H groups in total. The zero-order chi connectivity index (χ0) is 40.8. The van der Waals surface area contributed by atoms with Crippen molar-refractivity contribution in [2.75, 3.05) is 19.1 Å². The van der Waals surface area contributed by atoms with E-state index in [4.69, 9.17) is 39.7 Å². The number of hydrogen-bond donors (Lipinski definition) is 0. The van der Waals surface area contributed by atoms with E-state index in [-0.39, 0.29) is 42.4 Å². The lowest BCUT2D eigenvalue weighted by molar-refractivity contribution is -0.342. The second-order valence-corrected chi connectivity index (χ2v) is 23.6. The van der Waals surface area contributed by atoms with Crippen LogP contribution >= 0.6 is 11.6 Å². The largest absolute Gasteiger partial charge is 0.464 e. The zero-order valence-electron chi connectivity index (χ0n) is 35.2. The van der Waals surface area contributed by atoms with Crippen molar-refractivity contribution in [1.29, 1.82) is 0 Å². The van der Waals surface area contributed by atoms with Crippen LogP contribution < -0.4 is 0 Å². The topological polar surface area (TPSA) is 107 Å². The third-order valence-corrected chi connectivity index (χ3v) is 16.8. The summed E-state index contributed by atoms with van der Waals surface area (Å²) in [6.07, 6.45) is 1.54. The van der Waals surface area contributed by atoms with Gasteiger partial charge in [0.1, 0.15) is 18.1 Å². The maximum absolute atomic E-state index is 14.1. The standard InChI is InChI=1S/C44H67ClO9Si/c1-29(2)37-20-19-30(3)26-44(37)50-22-21-33(53-44)23-38(43(8,9)28-49-41(48)27-45)52-40(47)25-34(54-55(10,11)42(5,6)7)24-39(46)51-31(4)35-18-14-16-32-15-12-13-17-36(32)35/h12-18,29-31,33-34,37-38H,19-28H2,1-11H3/t30-,31-,33+,34+,37+,38+,44+/m1/s1. The lowest BCUT2D eigenvalue weighted by atomic mass is 9.72. The third kappa shape index (κ3) is 12.0. The predicted molar refractivity (Wildman–Crippen MR) is 219 cm³/mol. The van der Waals surface area contributed by atoms with Crippen LogP contribution in [0.3, 0.4) is 0 Å². The Bertz CT molecular complexity index is 1600. The second-order valence-electron chi connectivity index (χ2n) is 18.5. The molecular weight excluding hydrogens is 736 g/mol. The van der Waals surface area contributed by atoms with Crippen molar-refractivity contribution in [2.24, 2.45) is 23.2 Å². The minimum Gasteiger partial charge on any atom is -0.464 e. The van der Waals surface area contributed by atoms with Gasteiger partial charge in [-0.15, -0.1) is 11.6 Å². The number of carbonyl (C=O) groups excluding carboxylic acids is 3. The van der Waals surface area contributed by atoms with Gasteiger partial charge in [-0.3, -0.25) is 14.4 Å². The molecule has 55 heavy (non-hydrogen) atoms. The molecule has 4 rings (SSSR count). The molecule has 2 fully saturated rings. The molecule has 308 valence electrons. The summed E-state index contributed by atoms with van der Waals surface area (Å²) in [5.74, 6) is -1.37. The van der Waals surface area contributed by atoms with E-state index in [1.54, 1.807) is 0 Å². The Morgan fingerprint density at radius 3 is 2.22 bits per heavy atom. The van der Waals surface area contributed by atoms with Crippen LogP contribution in [0.15, 0.2) is 42.5 Å². The molecule has 1 aliphatic heterocycles. The Hall–Kier alpha value is -2.50. The van der Waals surface area contributed by atoms with Crippen molar-refractivity contribution in [3.05, 3.63) is 48.0 Å². The van der Waals surface area contributed by atoms with Crippen LogP contribution in [0.25, 0.3) is 10.8 Å². The van der Waals surface area contributed by atoms with Crippen LogP contribution in [0.5, 0.6) is 0 Å². The summed E-state index contributed by atoms with van der Waals surface area (Å²) in [5.41, 5.74) is 0.124. The Balaban J connectivity index is 1.55. The molecule has 0 radical (unpaired) electrons. The molecule has 2 aliphatic rings. The smallest absolute Gasteiger partial charge is 0.320 e. The van der Waals surface area contributed by atoms with Gasteiger partial charge in [-0.2, -0.15) is 0 Å². The molecule has 1 spiro atoms. The fourth-order valence-corrected chi connectivity index (χ4v) is 9.31. The molecular formula is C44H67ClO9Si. The summed E-state index contributed by atoms with van der Waals surface area (Å²) >= 11 is 5.77. The van der Waals surface area contributed by atoms with Crippen molar-refractivity contribution in [3.63, 3.8) is 0 Å². The molecule has 0 aromatic heterocycles. The molecule has 0 amide bonds. The first kappa shape index (κ1) is 45.2. The van der Waals surface area contributed by atoms with Crippen LogP contribution in [0.1, 0.15) is 119 Å². The van der Waals surface area contributed by atoms with E-state index in [0.717, 1.165) is 35.6 Å². The highest BCUT2D eigenvalue weighted by atomic mass is 35.5. The van der Waals surface area contributed by atoms with E-state index < -0.39 is 55.7 Å². The number of ether oxygens (including phenoxy) is 5. The fourth-order valence-electron chi connectivity index (χ4n) is 7.87. The molecule has 1 saturated heterocycles. The molecule has 11 heteroatoms. The number of benzene rings is 2. The van der Waals surface area contributed by atoms with Crippen LogP contribution in [0.2, 0.25) is 18.1 Å². The summed E-state index contributed by atoms with van der Waals surface area (Å²) in [4.78, 5) is 39.9. The van der Waals surface area contributed by atoms with Crippen molar-refractivity contribution in [3.8, 4) is 0 Å². The summed E-state index contributed by atoms with van der Waals surface area (Å²) in [7, 11) is -2.45. The Labute approximate surface area is 335 Å². The highest BCUT2D eigenvalue weighted by Gasteiger charge is 2.51. The quantitative estimate of drug-likeness (QED) is 0.0710. The number of hydrogen-bond acceptors (Lipinski definition) is 9. The zero-order valence-corrected chi connectivity index (χ0v) is 37.0. The minimum absolute atomic E-state index is 0.00119. The van der Waals surface area contributed by atoms with Crippen LogP contribution in [0.4, 0.5) is 0 Å². The normalized spacial score (nSPS) is 24.0. The number of alkyl halides is 1. The molecule has 9 nitrogen and oxygen atoms in total. The van der Waals surface area contributed by atoms with Gasteiger partial charge in [-0.1, -0.05) is 104 Å². The lowest BCUT2D eigenvalue weighted by Crippen LogP contribution is -2.55. The van der Waals surface area contributed by atoms with Gasteiger partial charge in [-0.05, 0) is 66.1 Å². The Kier molecular flexibility index (Phi) is 15.5. The molecule has 7 atom stereocenters. The predicted octanol–water partition coefficient (Wildman–Crippen LogP) is 10.3. The maximum Gasteiger partial charge on any atom is 0.320 e. The Morgan fingerprint density at radius 2 is 1.56 bits per heavy atom. The van der Waals surface area contributed by atoms with E-state index in [0.29, 0.717) is 31.3 Å². The minimum atomic E-state index is -2.45. The van der Waals surface area contributed by atoms with Gasteiger partial charge >= 0.3 is 17.9 Å². The van der Waals surface area contributed by atoms with Gasteiger partial charge in [0.15, 0.2) is 14.1 Å². The van der Waals surface area contributed by atoms with Crippen LogP contribution in [-0.4, -0.2) is 69.4 Å². The number of carbonyl (C=O) groups is 3. The van der Waals surface area contributed by atoms with Gasteiger partial charge in [0, 0.05) is 24.2 Å². The van der Waals surface area contributed by atoms with Crippen molar-refractivity contribution in [2.45, 2.75) is 156 Å². The number of esters is 3. The SMILES string of the molecule is CC(C)[C@@H]1CC[C@@H](C)C[C@@]12OCC[C@@H](C[C@H](OC(=O)C[C@H](CC(=O)O[C@H](C)c1cccc3ccccc13)O[Si](C)(C)C(C)(C)C)C(C)(C)COC(=O)CCl)O2. The molecule has 0 unspecified atom stereocenters. The van der Waals surface area contributed by atoms with Gasteiger partial charge in [0.25, 0.3) is 0 Å². The first-order valence-electron chi connectivity index (χ1n) is 20.2. The molecule has 1 saturated carbocycles. The number of fused-ring (bicyclic) bond motifs is 1. The van der Waals surface area contributed by atoms with Crippen molar-refractivity contribution in [1.82, 2.24) is 0 Å². The van der Waals surface area contributed by atoms with E-state index in [2.05, 4.69) is 54.6 Å². The lowest BCUT2D eigenvalue weighted by Gasteiger charge is -2.52. The second kappa shape index (κ2) is 18.8. The van der Waals surface area contributed by atoms with Gasteiger partial charge in [0.05, 0.1) is 38.3 Å². The summed E-state index contributed by atoms with van der Waals surface area (Å²) in [6, 6.07) is 14.0. The van der Waals surface area contributed by atoms with E-state index >= 15 is 0 Å². The summed E-state index contributed by atoms with van der Waals surface area (Å²) in [5, 5.41) is 1.91. The highest BCUT2D eigenvalue weighted by molar-refractivity contribution is 6.74. The molecule has 1 heterocycles. The third-order valence-electron chi connectivity index (χ3n) is 12.1. The van der Waals surface area contributed by atoms with E-state index in [1.165, 1.54) is 0 Å². The van der Waals surface area contributed by atoms with E-state index in [9.17, 15) is 14.4 Å². The molecule has 2 aromatic rings. The van der Waals surface area contributed by atoms with Crippen molar-refractivity contribution < 1.29 is 42.5 Å². The van der Waals surface area contributed by atoms with Gasteiger partial charge < -0.3 is 28.1 Å². The highest BCUT2D eigenvalue weighted by Crippen LogP contribution is 2.48.